The molecule has 2 rings (SSSR count). The van der Waals surface area contributed by atoms with Crippen LogP contribution in [-0.2, 0) is 12.8 Å². The summed E-state index contributed by atoms with van der Waals surface area (Å²) in [6, 6.07) is 7.55. The van der Waals surface area contributed by atoms with E-state index in [1.165, 1.54) is 0 Å². The molecule has 0 fully saturated rings. The summed E-state index contributed by atoms with van der Waals surface area (Å²) in [6.45, 7) is 1.68. The Labute approximate surface area is 115 Å². The molecule has 0 aliphatic carbocycles. The third kappa shape index (κ3) is 2.92. The van der Waals surface area contributed by atoms with Gasteiger partial charge < -0.3 is 4.52 Å². The molecule has 1 aromatic carbocycles. The average Bonchev–Trinajstić information content (AvgIpc) is 2.70. The van der Waals surface area contributed by atoms with E-state index < -0.39 is 5.24 Å². The van der Waals surface area contributed by atoms with E-state index in [4.69, 9.17) is 27.7 Å². The Balaban J connectivity index is 2.11. The Hall–Kier alpha value is -1.32. The van der Waals surface area contributed by atoms with Crippen molar-refractivity contribution in [3.8, 4) is 0 Å². The first-order valence-corrected chi connectivity index (χ1v) is 6.23. The number of hydrogen-bond donors (Lipinski definition) is 0. The van der Waals surface area contributed by atoms with Crippen molar-refractivity contribution in [3.63, 3.8) is 0 Å². The number of hydrogen-bond acceptors (Lipinski definition) is 3. The van der Waals surface area contributed by atoms with Crippen LogP contribution in [0, 0.1) is 6.92 Å². The fourth-order valence-electron chi connectivity index (χ4n) is 1.75. The fourth-order valence-corrected chi connectivity index (χ4v) is 2.12. The molecular weight excluding hydrogens is 273 g/mol. The number of benzene rings is 1. The summed E-state index contributed by atoms with van der Waals surface area (Å²) in [7, 11) is 0. The first kappa shape index (κ1) is 13.1. The molecule has 0 N–H and O–H groups in total. The van der Waals surface area contributed by atoms with Gasteiger partial charge in [0.25, 0.3) is 5.24 Å². The largest absolute Gasteiger partial charge is 0.361 e. The maximum atomic E-state index is 11.3. The van der Waals surface area contributed by atoms with Crippen LogP contribution in [0.3, 0.4) is 0 Å². The third-order valence-corrected chi connectivity index (χ3v) is 3.13. The minimum atomic E-state index is -0.528. The van der Waals surface area contributed by atoms with Crippen molar-refractivity contribution in [1.29, 1.82) is 0 Å². The van der Waals surface area contributed by atoms with Crippen LogP contribution in [0.1, 0.15) is 27.4 Å². The van der Waals surface area contributed by atoms with Crippen LogP contribution in [0.25, 0.3) is 0 Å². The van der Waals surface area contributed by atoms with Crippen molar-refractivity contribution in [1.82, 2.24) is 5.16 Å². The number of carbonyl (C=O) groups excluding carboxylic acids is 1. The van der Waals surface area contributed by atoms with Gasteiger partial charge in [-0.15, -0.1) is 0 Å². The van der Waals surface area contributed by atoms with Crippen LogP contribution in [0.15, 0.2) is 28.8 Å². The summed E-state index contributed by atoms with van der Waals surface area (Å²) < 4.78 is 4.99. The van der Waals surface area contributed by atoms with Crippen LogP contribution >= 0.6 is 23.2 Å². The predicted molar refractivity (Wildman–Crippen MR) is 70.3 cm³/mol. The van der Waals surface area contributed by atoms with E-state index in [9.17, 15) is 4.79 Å². The summed E-state index contributed by atoms with van der Waals surface area (Å²) in [4.78, 5) is 11.3. The monoisotopic (exact) mass is 283 g/mol. The molecule has 0 unspecified atom stereocenters. The van der Waals surface area contributed by atoms with Gasteiger partial charge in [-0.2, -0.15) is 0 Å². The lowest BCUT2D eigenvalue weighted by molar-refractivity contribution is 0.107. The molecule has 1 heterocycles. The quantitative estimate of drug-likeness (QED) is 0.802. The van der Waals surface area contributed by atoms with Gasteiger partial charge in [-0.05, 0) is 49.1 Å². The number of aromatic nitrogens is 1. The summed E-state index contributed by atoms with van der Waals surface area (Å²) in [5.41, 5.74) is 2.10. The summed E-state index contributed by atoms with van der Waals surface area (Å²) in [5.74, 6) is 0.459. The highest BCUT2D eigenvalue weighted by Crippen LogP contribution is 2.18. The normalized spacial score (nSPS) is 10.6. The van der Waals surface area contributed by atoms with E-state index >= 15 is 0 Å². The van der Waals surface area contributed by atoms with Gasteiger partial charge in [0.15, 0.2) is 0 Å². The fraction of sp³-hybridized carbons (Fsp3) is 0.231. The molecule has 0 atom stereocenters. The van der Waals surface area contributed by atoms with Crippen molar-refractivity contribution in [3.05, 3.63) is 51.9 Å². The van der Waals surface area contributed by atoms with Crippen molar-refractivity contribution in [2.75, 3.05) is 0 Å². The van der Waals surface area contributed by atoms with E-state index in [2.05, 4.69) is 5.16 Å². The van der Waals surface area contributed by atoms with E-state index in [0.29, 0.717) is 28.5 Å². The second-order valence-electron chi connectivity index (χ2n) is 3.96. The first-order valence-electron chi connectivity index (χ1n) is 5.47. The number of rotatable bonds is 4. The summed E-state index contributed by atoms with van der Waals surface area (Å²) >= 11 is 11.3. The van der Waals surface area contributed by atoms with Crippen LogP contribution in [-0.4, -0.2) is 10.4 Å². The van der Waals surface area contributed by atoms with Gasteiger partial charge in [0, 0.05) is 5.02 Å². The van der Waals surface area contributed by atoms with Crippen molar-refractivity contribution < 1.29 is 9.32 Å². The van der Waals surface area contributed by atoms with Crippen molar-refractivity contribution in [2.24, 2.45) is 0 Å². The third-order valence-electron chi connectivity index (χ3n) is 2.69. The lowest BCUT2D eigenvalue weighted by Gasteiger charge is -2.00. The molecule has 2 aromatic rings. The maximum Gasteiger partial charge on any atom is 0.257 e. The van der Waals surface area contributed by atoms with Gasteiger partial charge in [-0.1, -0.05) is 28.9 Å². The van der Waals surface area contributed by atoms with Crippen LogP contribution in [0.4, 0.5) is 0 Å². The van der Waals surface area contributed by atoms with Crippen LogP contribution in [0.2, 0.25) is 5.02 Å². The zero-order valence-corrected chi connectivity index (χ0v) is 11.3. The van der Waals surface area contributed by atoms with Gasteiger partial charge in [0.1, 0.15) is 5.76 Å². The predicted octanol–water partition coefficient (Wildman–Crippen LogP) is 3.80. The molecule has 0 radical (unpaired) electrons. The standard InChI is InChI=1S/C13H11Cl2NO2/c1-8-12(13(15)17)11(16-18-8)7-4-9-2-5-10(14)6-3-9/h2-3,5-6H,4,7H2,1H3. The zero-order valence-electron chi connectivity index (χ0n) is 9.74. The number of nitrogens with zero attached hydrogens (tertiary/aromatic N) is 1. The Morgan fingerprint density at radius 2 is 1.94 bits per heavy atom. The Morgan fingerprint density at radius 3 is 2.56 bits per heavy atom. The number of carbonyl (C=O) groups is 1. The Morgan fingerprint density at radius 1 is 1.28 bits per heavy atom. The highest BCUT2D eigenvalue weighted by Gasteiger charge is 2.18. The smallest absolute Gasteiger partial charge is 0.257 e. The molecule has 18 heavy (non-hydrogen) atoms. The lowest BCUT2D eigenvalue weighted by atomic mass is 10.1. The van der Waals surface area contributed by atoms with Gasteiger partial charge in [0.2, 0.25) is 0 Å². The van der Waals surface area contributed by atoms with Gasteiger partial charge in [0.05, 0.1) is 11.3 Å². The van der Waals surface area contributed by atoms with Crippen molar-refractivity contribution >= 4 is 28.4 Å². The second-order valence-corrected chi connectivity index (χ2v) is 4.74. The average molecular weight is 284 g/mol. The van der Waals surface area contributed by atoms with E-state index in [1.807, 2.05) is 24.3 Å². The lowest BCUT2D eigenvalue weighted by Crippen LogP contribution is -1.99. The minimum absolute atomic E-state index is 0.380. The van der Waals surface area contributed by atoms with Gasteiger partial charge in [-0.25, -0.2) is 0 Å². The van der Waals surface area contributed by atoms with Crippen LogP contribution in [0.5, 0.6) is 0 Å². The van der Waals surface area contributed by atoms with E-state index in [-0.39, 0.29) is 0 Å². The van der Waals surface area contributed by atoms with Gasteiger partial charge >= 0.3 is 0 Å². The second kappa shape index (κ2) is 5.55. The maximum absolute atomic E-state index is 11.3. The van der Waals surface area contributed by atoms with Gasteiger partial charge in [-0.3, -0.25) is 4.79 Å². The molecule has 5 heteroatoms. The minimum Gasteiger partial charge on any atom is -0.361 e. The molecule has 0 spiro atoms. The van der Waals surface area contributed by atoms with Crippen LogP contribution < -0.4 is 0 Å². The molecule has 1 aromatic heterocycles. The molecule has 0 saturated carbocycles. The van der Waals surface area contributed by atoms with E-state index in [0.717, 1.165) is 12.0 Å². The Bertz CT molecular complexity index is 561. The highest BCUT2D eigenvalue weighted by atomic mass is 35.5. The molecule has 3 nitrogen and oxygen atoms in total. The molecular formula is C13H11Cl2NO2. The first-order chi connectivity index (χ1) is 8.58. The summed E-state index contributed by atoms with van der Waals surface area (Å²) in [5, 5.41) is 4.04. The molecule has 0 saturated heterocycles. The molecule has 0 amide bonds. The van der Waals surface area contributed by atoms with E-state index in [1.54, 1.807) is 6.92 Å². The Kier molecular flexibility index (Phi) is 4.04. The molecule has 0 aliphatic rings. The SMILES string of the molecule is Cc1onc(CCc2ccc(Cl)cc2)c1C(=O)Cl. The molecule has 0 aliphatic heterocycles. The van der Waals surface area contributed by atoms with Crippen molar-refractivity contribution in [2.45, 2.75) is 19.8 Å². The zero-order chi connectivity index (χ0) is 13.1. The molecule has 0 bridgehead atoms. The number of halogens is 2. The molecule has 94 valence electrons. The summed E-state index contributed by atoms with van der Waals surface area (Å²) in [6.07, 6.45) is 1.35. The number of aryl methyl sites for hydroxylation is 3. The highest BCUT2D eigenvalue weighted by molar-refractivity contribution is 6.68. The topological polar surface area (TPSA) is 43.1 Å².